The predicted molar refractivity (Wildman–Crippen MR) is 48.3 cm³/mol. The van der Waals surface area contributed by atoms with Crippen molar-refractivity contribution in [2.75, 3.05) is 7.11 Å². The van der Waals surface area contributed by atoms with Crippen molar-refractivity contribution in [1.82, 2.24) is 0 Å². The van der Waals surface area contributed by atoms with Gasteiger partial charge >= 0.3 is 0 Å². The van der Waals surface area contributed by atoms with Gasteiger partial charge in [-0.3, -0.25) is 0 Å². The van der Waals surface area contributed by atoms with Gasteiger partial charge in [-0.15, -0.1) is 0 Å². The number of methoxy groups -OCH3 is 1. The molecule has 13 heavy (non-hydrogen) atoms. The Balaban J connectivity index is 2.94. The molecule has 0 unspecified atom stereocenters. The summed E-state index contributed by atoms with van der Waals surface area (Å²) in [4.78, 5) is 0. The number of rotatable bonds is 3. The van der Waals surface area contributed by atoms with Crippen LogP contribution in [-0.4, -0.2) is 18.3 Å². The molecule has 0 aromatic heterocycles. The highest BCUT2D eigenvalue weighted by Gasteiger charge is 2.06. The highest BCUT2D eigenvalue weighted by Crippen LogP contribution is 2.20. The Hall–Kier alpha value is -1.09. The highest BCUT2D eigenvalue weighted by molar-refractivity contribution is 5.34. The summed E-state index contributed by atoms with van der Waals surface area (Å²) in [5.74, 6) is 0.304. The topological polar surface area (TPSA) is 29.5 Å². The molecule has 0 spiro atoms. The second-order valence-corrected chi connectivity index (χ2v) is 3.01. The molecule has 0 aliphatic rings. The van der Waals surface area contributed by atoms with Crippen LogP contribution in [0.3, 0.4) is 0 Å². The number of ether oxygens (including phenoxy) is 1. The lowest BCUT2D eigenvalue weighted by atomic mass is 10.1. The third kappa shape index (κ3) is 2.70. The Bertz CT molecular complexity index is 284. The molecule has 1 aromatic carbocycles. The fourth-order valence-corrected chi connectivity index (χ4v) is 1.22. The molecule has 3 heteroatoms. The van der Waals surface area contributed by atoms with E-state index in [0.29, 0.717) is 17.7 Å². The van der Waals surface area contributed by atoms with Crippen LogP contribution in [0.5, 0.6) is 5.75 Å². The first-order valence-corrected chi connectivity index (χ1v) is 4.14. The highest BCUT2D eigenvalue weighted by atomic mass is 19.1. The van der Waals surface area contributed by atoms with Crippen LogP contribution < -0.4 is 4.74 Å². The van der Waals surface area contributed by atoms with Crippen molar-refractivity contribution in [2.24, 2.45) is 0 Å². The fourth-order valence-electron chi connectivity index (χ4n) is 1.22. The second-order valence-electron chi connectivity index (χ2n) is 3.01. The maximum absolute atomic E-state index is 12.8. The lowest BCUT2D eigenvalue weighted by Gasteiger charge is -2.09. The van der Waals surface area contributed by atoms with Crippen molar-refractivity contribution < 1.29 is 14.2 Å². The molecule has 0 saturated heterocycles. The Morgan fingerprint density at radius 2 is 2.23 bits per heavy atom. The molecule has 0 radical (unpaired) electrons. The zero-order valence-electron chi connectivity index (χ0n) is 7.75. The van der Waals surface area contributed by atoms with E-state index in [1.807, 2.05) is 0 Å². The van der Waals surface area contributed by atoms with Gasteiger partial charge in [0.25, 0.3) is 0 Å². The zero-order valence-corrected chi connectivity index (χ0v) is 7.75. The van der Waals surface area contributed by atoms with Crippen LogP contribution in [0.25, 0.3) is 0 Å². The van der Waals surface area contributed by atoms with E-state index in [4.69, 9.17) is 9.84 Å². The smallest absolute Gasteiger partial charge is 0.123 e. The van der Waals surface area contributed by atoms with Crippen molar-refractivity contribution in [3.63, 3.8) is 0 Å². The summed E-state index contributed by atoms with van der Waals surface area (Å²) in [5, 5.41) is 9.14. The van der Waals surface area contributed by atoms with Crippen LogP contribution in [0.4, 0.5) is 4.39 Å². The molecule has 0 heterocycles. The summed E-state index contributed by atoms with van der Waals surface area (Å²) < 4.78 is 17.8. The number of hydrogen-bond donors (Lipinski definition) is 1. The molecule has 1 rings (SSSR count). The summed E-state index contributed by atoms with van der Waals surface area (Å²) in [6.45, 7) is 1.66. The number of benzene rings is 1. The van der Waals surface area contributed by atoms with E-state index in [-0.39, 0.29) is 5.82 Å². The molecule has 1 N–H and O–H groups in total. The van der Waals surface area contributed by atoms with Crippen LogP contribution in [0.15, 0.2) is 18.2 Å². The molecule has 0 fully saturated rings. The third-order valence-corrected chi connectivity index (χ3v) is 1.76. The molecular formula is C10H13FO2. The minimum absolute atomic E-state index is 0.309. The third-order valence-electron chi connectivity index (χ3n) is 1.76. The molecule has 0 saturated carbocycles. The molecule has 0 amide bonds. The zero-order chi connectivity index (χ0) is 9.84. The Morgan fingerprint density at radius 3 is 2.77 bits per heavy atom. The molecule has 0 aliphatic carbocycles. The van der Waals surface area contributed by atoms with E-state index in [9.17, 15) is 4.39 Å². The summed E-state index contributed by atoms with van der Waals surface area (Å²) in [7, 11) is 1.53. The van der Waals surface area contributed by atoms with E-state index in [0.717, 1.165) is 0 Å². The fraction of sp³-hybridized carbons (Fsp3) is 0.400. The van der Waals surface area contributed by atoms with Crippen molar-refractivity contribution >= 4 is 0 Å². The molecule has 0 aliphatic heterocycles. The van der Waals surface area contributed by atoms with Crippen LogP contribution in [0, 0.1) is 5.82 Å². The summed E-state index contributed by atoms with van der Waals surface area (Å²) in [6.07, 6.45) is -0.0864. The van der Waals surface area contributed by atoms with Crippen LogP contribution in [-0.2, 0) is 6.42 Å². The Morgan fingerprint density at radius 1 is 1.54 bits per heavy atom. The molecule has 1 atom stereocenters. The number of aliphatic hydroxyl groups is 1. The van der Waals surface area contributed by atoms with Crippen molar-refractivity contribution in [3.05, 3.63) is 29.6 Å². The largest absolute Gasteiger partial charge is 0.496 e. The van der Waals surface area contributed by atoms with E-state index in [1.54, 1.807) is 13.0 Å². The lowest BCUT2D eigenvalue weighted by Crippen LogP contribution is -2.06. The van der Waals surface area contributed by atoms with Gasteiger partial charge in [-0.05, 0) is 30.7 Å². The van der Waals surface area contributed by atoms with Gasteiger partial charge in [0, 0.05) is 6.42 Å². The minimum Gasteiger partial charge on any atom is -0.496 e. The predicted octanol–water partition coefficient (Wildman–Crippen LogP) is 1.76. The Kier molecular flexibility index (Phi) is 3.25. The normalized spacial score (nSPS) is 12.6. The average molecular weight is 184 g/mol. The number of hydrogen-bond acceptors (Lipinski definition) is 2. The van der Waals surface area contributed by atoms with Gasteiger partial charge in [0.1, 0.15) is 11.6 Å². The molecular weight excluding hydrogens is 171 g/mol. The summed E-state index contributed by atoms with van der Waals surface area (Å²) >= 11 is 0. The quantitative estimate of drug-likeness (QED) is 0.775. The van der Waals surface area contributed by atoms with Crippen molar-refractivity contribution in [1.29, 1.82) is 0 Å². The first-order chi connectivity index (χ1) is 6.13. The minimum atomic E-state index is -0.490. The molecule has 0 bridgehead atoms. The monoisotopic (exact) mass is 184 g/mol. The van der Waals surface area contributed by atoms with Gasteiger partial charge in [0.05, 0.1) is 13.2 Å². The molecule has 1 aromatic rings. The van der Waals surface area contributed by atoms with Gasteiger partial charge in [0.2, 0.25) is 0 Å². The van der Waals surface area contributed by atoms with E-state index in [1.165, 1.54) is 19.2 Å². The number of halogens is 1. The number of aliphatic hydroxyl groups excluding tert-OH is 1. The first kappa shape index (κ1) is 9.99. The van der Waals surface area contributed by atoms with Gasteiger partial charge in [-0.2, -0.15) is 0 Å². The second kappa shape index (κ2) is 4.23. The van der Waals surface area contributed by atoms with Crippen LogP contribution >= 0.6 is 0 Å². The van der Waals surface area contributed by atoms with E-state index < -0.39 is 6.10 Å². The maximum atomic E-state index is 12.8. The molecule has 2 nitrogen and oxygen atoms in total. The first-order valence-electron chi connectivity index (χ1n) is 4.14. The summed E-state index contributed by atoms with van der Waals surface area (Å²) in [5.41, 5.74) is 0.692. The maximum Gasteiger partial charge on any atom is 0.123 e. The lowest BCUT2D eigenvalue weighted by molar-refractivity contribution is 0.194. The van der Waals surface area contributed by atoms with Crippen LogP contribution in [0.2, 0.25) is 0 Å². The van der Waals surface area contributed by atoms with E-state index in [2.05, 4.69) is 0 Å². The van der Waals surface area contributed by atoms with Gasteiger partial charge in [-0.25, -0.2) is 4.39 Å². The Labute approximate surface area is 77.0 Å². The van der Waals surface area contributed by atoms with Crippen molar-refractivity contribution in [2.45, 2.75) is 19.4 Å². The van der Waals surface area contributed by atoms with Crippen molar-refractivity contribution in [3.8, 4) is 5.75 Å². The van der Waals surface area contributed by atoms with E-state index >= 15 is 0 Å². The van der Waals surface area contributed by atoms with Gasteiger partial charge < -0.3 is 9.84 Å². The molecule has 72 valence electrons. The van der Waals surface area contributed by atoms with Gasteiger partial charge in [-0.1, -0.05) is 0 Å². The van der Waals surface area contributed by atoms with Crippen LogP contribution in [0.1, 0.15) is 12.5 Å². The standard InChI is InChI=1S/C10H13FO2/c1-7(12)5-8-6-9(11)3-4-10(8)13-2/h3-4,6-7,12H,5H2,1-2H3/t7-/m1/s1. The average Bonchev–Trinajstić information content (AvgIpc) is 2.03. The van der Waals surface area contributed by atoms with Gasteiger partial charge in [0.15, 0.2) is 0 Å². The summed E-state index contributed by atoms with van der Waals surface area (Å²) in [6, 6.07) is 4.28. The SMILES string of the molecule is COc1ccc(F)cc1C[C@@H](C)O.